The smallest absolute Gasteiger partial charge is 0.376 e. The molecule has 1 unspecified atom stereocenters. The van der Waals surface area contributed by atoms with Gasteiger partial charge in [-0.2, -0.15) is 21.6 Å². The first-order chi connectivity index (χ1) is 15.9. The van der Waals surface area contributed by atoms with E-state index in [2.05, 4.69) is 55.3 Å². The number of hydrogen-bond acceptors (Lipinski definition) is 3. The van der Waals surface area contributed by atoms with E-state index in [-0.39, 0.29) is 11.2 Å². The van der Waals surface area contributed by atoms with E-state index in [4.69, 9.17) is 0 Å². The molecule has 1 atom stereocenters. The molecule has 34 heavy (non-hydrogen) atoms. The van der Waals surface area contributed by atoms with Crippen molar-refractivity contribution in [1.29, 1.82) is 0 Å². The molecule has 0 saturated heterocycles. The zero-order valence-electron chi connectivity index (χ0n) is 18.9. The highest BCUT2D eigenvalue weighted by molar-refractivity contribution is 7.88. The lowest BCUT2D eigenvalue weighted by molar-refractivity contribution is -0.0500. The summed E-state index contributed by atoms with van der Waals surface area (Å²) in [7, 11) is -5.71. The van der Waals surface area contributed by atoms with Crippen molar-refractivity contribution in [3.63, 3.8) is 0 Å². The van der Waals surface area contributed by atoms with E-state index in [9.17, 15) is 21.6 Å². The largest absolute Gasteiger partial charge is 0.534 e. The molecule has 0 fully saturated rings. The van der Waals surface area contributed by atoms with E-state index in [0.717, 1.165) is 22.9 Å². The van der Waals surface area contributed by atoms with Crippen LogP contribution in [0.5, 0.6) is 5.75 Å². The second-order valence-electron chi connectivity index (χ2n) is 9.50. The first-order valence-corrected chi connectivity index (χ1v) is 12.4. The van der Waals surface area contributed by atoms with Gasteiger partial charge in [-0.15, -0.1) is 0 Å². The molecule has 5 rings (SSSR count). The molecule has 0 aliphatic heterocycles. The van der Waals surface area contributed by atoms with Gasteiger partial charge in [-0.1, -0.05) is 63.3 Å². The van der Waals surface area contributed by atoms with Gasteiger partial charge in [0.1, 0.15) is 5.75 Å². The van der Waals surface area contributed by atoms with E-state index >= 15 is 0 Å². The molecule has 0 saturated carbocycles. The molecule has 0 N–H and O–H groups in total. The van der Waals surface area contributed by atoms with Gasteiger partial charge >= 0.3 is 15.6 Å². The fourth-order valence-electron chi connectivity index (χ4n) is 4.93. The van der Waals surface area contributed by atoms with Crippen LogP contribution < -0.4 is 4.18 Å². The third-order valence-corrected chi connectivity index (χ3v) is 7.70. The maximum atomic E-state index is 12.6. The quantitative estimate of drug-likeness (QED) is 0.288. The third kappa shape index (κ3) is 3.63. The van der Waals surface area contributed by atoms with Crippen molar-refractivity contribution >= 4 is 26.5 Å². The Morgan fingerprint density at radius 2 is 1.59 bits per heavy atom. The fourth-order valence-corrected chi connectivity index (χ4v) is 5.38. The van der Waals surface area contributed by atoms with Crippen molar-refractivity contribution in [1.82, 2.24) is 0 Å². The highest BCUT2D eigenvalue weighted by Crippen LogP contribution is 2.52. The zero-order valence-corrected chi connectivity index (χ0v) is 19.7. The van der Waals surface area contributed by atoms with Crippen LogP contribution in [-0.4, -0.2) is 13.9 Å². The second kappa shape index (κ2) is 7.47. The Kier molecular flexibility index (Phi) is 4.99. The Labute approximate surface area is 196 Å². The first-order valence-electron chi connectivity index (χ1n) is 11.0. The Morgan fingerprint density at radius 1 is 0.941 bits per heavy atom. The summed E-state index contributed by atoms with van der Waals surface area (Å²) in [5.41, 5.74) is 1.68. The Bertz CT molecular complexity index is 1500. The van der Waals surface area contributed by atoms with Crippen molar-refractivity contribution < 1.29 is 25.8 Å². The lowest BCUT2D eigenvalue weighted by atomic mass is 9.79. The number of benzene rings is 3. The average Bonchev–Trinajstić information content (AvgIpc) is 2.98. The van der Waals surface area contributed by atoms with Gasteiger partial charge < -0.3 is 4.18 Å². The summed E-state index contributed by atoms with van der Waals surface area (Å²) in [5.74, 6) is 0.135. The summed E-state index contributed by atoms with van der Waals surface area (Å²) in [6.07, 6.45) is 5.76. The molecule has 3 aromatic rings. The van der Waals surface area contributed by atoms with Gasteiger partial charge in [0.25, 0.3) is 0 Å². The molecular weight excluding hydrogens is 461 g/mol. The normalized spacial score (nSPS) is 19.3. The minimum Gasteiger partial charge on any atom is -0.376 e. The van der Waals surface area contributed by atoms with Gasteiger partial charge in [0.15, 0.2) is 0 Å². The molecule has 0 radical (unpaired) electrons. The molecular formula is C27H23F3O3S. The van der Waals surface area contributed by atoms with Gasteiger partial charge in [0.05, 0.1) is 0 Å². The Hall–Kier alpha value is -3.06. The molecule has 3 aromatic carbocycles. The number of allylic oxidation sites excluding steroid dienone is 4. The van der Waals surface area contributed by atoms with Crippen LogP contribution in [0.4, 0.5) is 13.2 Å². The maximum Gasteiger partial charge on any atom is 0.534 e. The van der Waals surface area contributed by atoms with Crippen molar-refractivity contribution in [2.45, 2.75) is 38.1 Å². The predicted molar refractivity (Wildman–Crippen MR) is 128 cm³/mol. The summed E-state index contributed by atoms with van der Waals surface area (Å²) >= 11 is 0. The molecule has 176 valence electrons. The van der Waals surface area contributed by atoms with E-state index < -0.39 is 15.6 Å². The predicted octanol–water partition coefficient (Wildman–Crippen LogP) is 7.38. The number of alkyl halides is 3. The van der Waals surface area contributed by atoms with Gasteiger partial charge in [-0.3, -0.25) is 0 Å². The molecule has 2 aliphatic rings. The van der Waals surface area contributed by atoms with Crippen molar-refractivity contribution in [3.8, 4) is 16.9 Å². The van der Waals surface area contributed by atoms with Crippen LogP contribution in [0.15, 0.2) is 72.3 Å². The van der Waals surface area contributed by atoms with Gasteiger partial charge in [-0.25, -0.2) is 0 Å². The van der Waals surface area contributed by atoms with Crippen LogP contribution in [0.25, 0.3) is 27.5 Å². The Morgan fingerprint density at radius 3 is 2.32 bits per heavy atom. The van der Waals surface area contributed by atoms with Gasteiger partial charge in [0.2, 0.25) is 0 Å². The molecule has 0 aromatic heterocycles. The highest BCUT2D eigenvalue weighted by Gasteiger charge is 2.48. The van der Waals surface area contributed by atoms with Crippen LogP contribution in [0.2, 0.25) is 0 Å². The summed E-state index contributed by atoms with van der Waals surface area (Å²) in [5, 5.41) is 1.34. The van der Waals surface area contributed by atoms with Crippen LogP contribution in [-0.2, 0) is 15.5 Å². The SMILES string of the molecule is CC1C=C2C(=CC1)C(C)(C)c1cc(-c3ccc4cc(OS(=O)(=O)C(F)(F)F)ccc4c3)ccc12. The van der Waals surface area contributed by atoms with Gasteiger partial charge in [-0.05, 0) is 80.8 Å². The highest BCUT2D eigenvalue weighted by atomic mass is 32.2. The standard InChI is InChI=1S/C27H23F3O3S/c1-16-4-11-24-23(12-16)22-10-8-20(15-25(22)26(24,2)3)17-5-6-19-14-21(9-7-18(19)13-17)33-34(31,32)27(28,29)30/h5-16H,4H2,1-3H3. The lowest BCUT2D eigenvalue weighted by Crippen LogP contribution is -2.28. The molecule has 0 heterocycles. The number of halogens is 3. The number of rotatable bonds is 3. The minimum atomic E-state index is -5.71. The zero-order chi connectivity index (χ0) is 24.5. The molecule has 2 aliphatic carbocycles. The van der Waals surface area contributed by atoms with Crippen molar-refractivity contribution in [3.05, 3.63) is 83.4 Å². The lowest BCUT2D eigenvalue weighted by Gasteiger charge is -2.25. The van der Waals surface area contributed by atoms with E-state index in [1.807, 2.05) is 12.1 Å². The van der Waals surface area contributed by atoms with Gasteiger partial charge in [0, 0.05) is 5.41 Å². The molecule has 3 nitrogen and oxygen atoms in total. The van der Waals surface area contributed by atoms with Crippen LogP contribution in [0, 0.1) is 5.92 Å². The first kappa shape index (κ1) is 22.7. The van der Waals surface area contributed by atoms with Crippen LogP contribution in [0.3, 0.4) is 0 Å². The summed E-state index contributed by atoms with van der Waals surface area (Å²) in [6.45, 7) is 6.72. The molecule has 7 heteroatoms. The second-order valence-corrected chi connectivity index (χ2v) is 11.0. The maximum absolute atomic E-state index is 12.6. The number of fused-ring (bicyclic) bond motifs is 4. The average molecular weight is 485 g/mol. The molecule has 0 amide bonds. The fraction of sp³-hybridized carbons (Fsp3) is 0.259. The summed E-state index contributed by atoms with van der Waals surface area (Å²) in [4.78, 5) is 0. The molecule has 0 bridgehead atoms. The monoisotopic (exact) mass is 484 g/mol. The van der Waals surface area contributed by atoms with E-state index in [1.54, 1.807) is 12.1 Å². The van der Waals surface area contributed by atoms with Crippen molar-refractivity contribution in [2.24, 2.45) is 5.92 Å². The Balaban J connectivity index is 1.51. The van der Waals surface area contributed by atoms with Crippen molar-refractivity contribution in [2.75, 3.05) is 0 Å². The number of hydrogen-bond donors (Lipinski definition) is 0. The van der Waals surface area contributed by atoms with E-state index in [0.29, 0.717) is 11.3 Å². The third-order valence-electron chi connectivity index (χ3n) is 6.73. The van der Waals surface area contributed by atoms with Crippen LogP contribution in [0.1, 0.15) is 38.3 Å². The topological polar surface area (TPSA) is 43.4 Å². The van der Waals surface area contributed by atoms with Crippen LogP contribution >= 0.6 is 0 Å². The minimum absolute atomic E-state index is 0.0929. The molecule has 0 spiro atoms. The van der Waals surface area contributed by atoms with E-state index in [1.165, 1.54) is 34.4 Å². The summed E-state index contributed by atoms with van der Waals surface area (Å²) in [6, 6.07) is 16.1. The summed E-state index contributed by atoms with van der Waals surface area (Å²) < 4.78 is 64.7.